The summed E-state index contributed by atoms with van der Waals surface area (Å²) in [5, 5.41) is 0. The highest BCUT2D eigenvalue weighted by molar-refractivity contribution is 5.95. The van der Waals surface area contributed by atoms with Crippen molar-refractivity contribution >= 4 is 11.9 Å². The van der Waals surface area contributed by atoms with Gasteiger partial charge in [0.25, 0.3) is 5.91 Å². The van der Waals surface area contributed by atoms with E-state index in [0.29, 0.717) is 22.3 Å². The Morgan fingerprint density at radius 3 is 2.20 bits per heavy atom. The number of ether oxygens (including phenoxy) is 1. The lowest BCUT2D eigenvalue weighted by molar-refractivity contribution is -0.189. The molecule has 0 saturated heterocycles. The Labute approximate surface area is 142 Å². The molecule has 0 aliphatic carbocycles. The minimum atomic E-state index is -5.08. The van der Waals surface area contributed by atoms with Crippen LogP contribution in [0.3, 0.4) is 0 Å². The van der Waals surface area contributed by atoms with Crippen LogP contribution in [0, 0.1) is 6.92 Å². The Hall–Kier alpha value is -2.83. The van der Waals surface area contributed by atoms with Crippen LogP contribution in [-0.4, -0.2) is 37.0 Å². The van der Waals surface area contributed by atoms with Gasteiger partial charge in [0, 0.05) is 25.2 Å². The van der Waals surface area contributed by atoms with E-state index in [0.717, 1.165) is 0 Å². The highest BCUT2D eigenvalue weighted by atomic mass is 19.4. The molecule has 0 aliphatic heterocycles. The molecule has 0 heterocycles. The average molecular weight is 351 g/mol. The van der Waals surface area contributed by atoms with E-state index in [1.54, 1.807) is 51.4 Å². The Morgan fingerprint density at radius 1 is 1.00 bits per heavy atom. The van der Waals surface area contributed by atoms with Crippen molar-refractivity contribution in [1.82, 2.24) is 4.90 Å². The molecule has 7 heteroatoms. The van der Waals surface area contributed by atoms with Crippen LogP contribution >= 0.6 is 0 Å². The van der Waals surface area contributed by atoms with Gasteiger partial charge in [-0.05, 0) is 36.2 Å². The zero-order valence-electron chi connectivity index (χ0n) is 13.8. The first kappa shape index (κ1) is 18.5. The standard InChI is InChI=1S/C18H16F3NO3/c1-11-10-12(16(23)22(2)3)8-9-13(11)14-6-4-5-7-15(14)25-17(24)18(19,20)21/h4-10H,1-3H3. The number of hydrogen-bond acceptors (Lipinski definition) is 3. The first-order valence-electron chi connectivity index (χ1n) is 7.32. The number of carbonyl (C=O) groups is 2. The SMILES string of the molecule is Cc1cc(C(=O)N(C)C)ccc1-c1ccccc1OC(=O)C(F)(F)F. The maximum absolute atomic E-state index is 12.4. The van der Waals surface area contributed by atoms with Gasteiger partial charge in [-0.1, -0.05) is 24.3 Å². The van der Waals surface area contributed by atoms with E-state index in [1.165, 1.54) is 17.0 Å². The van der Waals surface area contributed by atoms with Gasteiger partial charge in [-0.2, -0.15) is 13.2 Å². The molecule has 1 amide bonds. The third-order valence-corrected chi connectivity index (χ3v) is 3.49. The van der Waals surface area contributed by atoms with E-state index in [2.05, 4.69) is 4.74 Å². The minimum Gasteiger partial charge on any atom is -0.419 e. The number of esters is 1. The van der Waals surface area contributed by atoms with E-state index < -0.39 is 12.1 Å². The molecular weight excluding hydrogens is 335 g/mol. The molecule has 4 nitrogen and oxygen atoms in total. The van der Waals surface area contributed by atoms with Crippen LogP contribution < -0.4 is 4.74 Å². The van der Waals surface area contributed by atoms with Gasteiger partial charge in [0.05, 0.1) is 0 Å². The first-order chi connectivity index (χ1) is 11.6. The number of benzene rings is 2. The highest BCUT2D eigenvalue weighted by Crippen LogP contribution is 2.34. The molecule has 2 aromatic rings. The smallest absolute Gasteiger partial charge is 0.419 e. The second kappa shape index (κ2) is 6.96. The summed E-state index contributed by atoms with van der Waals surface area (Å²) >= 11 is 0. The fourth-order valence-electron chi connectivity index (χ4n) is 2.29. The quantitative estimate of drug-likeness (QED) is 0.624. The summed E-state index contributed by atoms with van der Waals surface area (Å²) in [6, 6.07) is 10.8. The second-order valence-electron chi connectivity index (χ2n) is 5.61. The van der Waals surface area contributed by atoms with E-state index in [4.69, 9.17) is 0 Å². The summed E-state index contributed by atoms with van der Waals surface area (Å²) in [6.07, 6.45) is -5.08. The molecule has 0 radical (unpaired) electrons. The molecule has 2 rings (SSSR count). The normalized spacial score (nSPS) is 11.1. The minimum absolute atomic E-state index is 0.188. The monoisotopic (exact) mass is 351 g/mol. The van der Waals surface area contributed by atoms with Gasteiger partial charge in [0.2, 0.25) is 0 Å². The lowest BCUT2D eigenvalue weighted by Gasteiger charge is -2.15. The van der Waals surface area contributed by atoms with Gasteiger partial charge >= 0.3 is 12.1 Å². The maximum Gasteiger partial charge on any atom is 0.491 e. The molecule has 0 bridgehead atoms. The van der Waals surface area contributed by atoms with Crippen molar-refractivity contribution in [2.75, 3.05) is 14.1 Å². The maximum atomic E-state index is 12.4. The van der Waals surface area contributed by atoms with Gasteiger partial charge in [-0.25, -0.2) is 4.79 Å². The third kappa shape index (κ3) is 4.17. The first-order valence-corrected chi connectivity index (χ1v) is 7.32. The largest absolute Gasteiger partial charge is 0.491 e. The Kier molecular flexibility index (Phi) is 5.15. The van der Waals surface area contributed by atoms with Crippen LogP contribution in [0.5, 0.6) is 5.75 Å². The molecule has 0 atom stereocenters. The number of alkyl halides is 3. The Bertz CT molecular complexity index is 813. The van der Waals surface area contributed by atoms with Crippen molar-refractivity contribution < 1.29 is 27.5 Å². The molecular formula is C18H16F3NO3. The van der Waals surface area contributed by atoms with E-state index >= 15 is 0 Å². The topological polar surface area (TPSA) is 46.6 Å². The summed E-state index contributed by atoms with van der Waals surface area (Å²) < 4.78 is 41.8. The van der Waals surface area contributed by atoms with Crippen molar-refractivity contribution in [2.24, 2.45) is 0 Å². The van der Waals surface area contributed by atoms with Crippen molar-refractivity contribution in [3.63, 3.8) is 0 Å². The predicted molar refractivity (Wildman–Crippen MR) is 86.3 cm³/mol. The van der Waals surface area contributed by atoms with Crippen molar-refractivity contribution in [2.45, 2.75) is 13.1 Å². The molecule has 0 spiro atoms. The van der Waals surface area contributed by atoms with Gasteiger partial charge in [-0.3, -0.25) is 4.79 Å². The average Bonchev–Trinajstić information content (AvgIpc) is 2.53. The number of aryl methyl sites for hydroxylation is 1. The van der Waals surface area contributed by atoms with E-state index in [-0.39, 0.29) is 11.7 Å². The molecule has 2 aromatic carbocycles. The van der Waals surface area contributed by atoms with E-state index in [1.807, 2.05) is 0 Å². The number of para-hydroxylation sites is 1. The fraction of sp³-hybridized carbons (Fsp3) is 0.222. The number of hydrogen-bond donors (Lipinski definition) is 0. The van der Waals surface area contributed by atoms with Gasteiger partial charge in [-0.15, -0.1) is 0 Å². The number of carbonyl (C=O) groups excluding carboxylic acids is 2. The molecule has 0 aliphatic rings. The zero-order chi connectivity index (χ0) is 18.8. The second-order valence-corrected chi connectivity index (χ2v) is 5.61. The summed E-state index contributed by atoms with van der Waals surface area (Å²) in [7, 11) is 3.24. The van der Waals surface area contributed by atoms with Crippen LogP contribution in [-0.2, 0) is 4.79 Å². The van der Waals surface area contributed by atoms with Crippen molar-refractivity contribution in [3.8, 4) is 16.9 Å². The molecule has 132 valence electrons. The van der Waals surface area contributed by atoms with Crippen LogP contribution in [0.15, 0.2) is 42.5 Å². The molecule has 0 aromatic heterocycles. The van der Waals surface area contributed by atoms with Crippen molar-refractivity contribution in [1.29, 1.82) is 0 Å². The Morgan fingerprint density at radius 2 is 1.64 bits per heavy atom. The molecule has 0 fully saturated rings. The van der Waals surface area contributed by atoms with Crippen LogP contribution in [0.2, 0.25) is 0 Å². The lowest BCUT2D eigenvalue weighted by atomic mass is 9.97. The molecule has 25 heavy (non-hydrogen) atoms. The summed E-state index contributed by atoms with van der Waals surface area (Å²) in [5.74, 6) is -2.66. The molecule has 0 unspecified atom stereocenters. The highest BCUT2D eigenvalue weighted by Gasteiger charge is 2.41. The van der Waals surface area contributed by atoms with Gasteiger partial charge < -0.3 is 9.64 Å². The van der Waals surface area contributed by atoms with E-state index in [9.17, 15) is 22.8 Å². The van der Waals surface area contributed by atoms with Crippen LogP contribution in [0.25, 0.3) is 11.1 Å². The summed E-state index contributed by atoms with van der Waals surface area (Å²) in [5.41, 5.74) is 2.03. The lowest BCUT2D eigenvalue weighted by Crippen LogP contribution is -2.28. The third-order valence-electron chi connectivity index (χ3n) is 3.49. The fourth-order valence-corrected chi connectivity index (χ4v) is 2.29. The number of nitrogens with zero attached hydrogens (tertiary/aromatic N) is 1. The zero-order valence-corrected chi connectivity index (χ0v) is 13.8. The summed E-state index contributed by atoms with van der Waals surface area (Å²) in [4.78, 5) is 24.5. The molecule has 0 saturated carbocycles. The Balaban J connectivity index is 2.43. The van der Waals surface area contributed by atoms with Crippen LogP contribution in [0.1, 0.15) is 15.9 Å². The summed E-state index contributed by atoms with van der Waals surface area (Å²) in [6.45, 7) is 1.73. The predicted octanol–water partition coefficient (Wildman–Crippen LogP) is 3.83. The number of amides is 1. The van der Waals surface area contributed by atoms with Crippen LogP contribution in [0.4, 0.5) is 13.2 Å². The number of halogens is 3. The van der Waals surface area contributed by atoms with Gasteiger partial charge in [0.1, 0.15) is 5.75 Å². The number of rotatable bonds is 3. The molecule has 0 N–H and O–H groups in total. The van der Waals surface area contributed by atoms with Gasteiger partial charge in [0.15, 0.2) is 0 Å². The van der Waals surface area contributed by atoms with Crippen molar-refractivity contribution in [3.05, 3.63) is 53.6 Å².